The minimum Gasteiger partial charge on any atom is -0.508 e. The second-order valence-electron chi connectivity index (χ2n) is 10.3. The van der Waals surface area contributed by atoms with Gasteiger partial charge < -0.3 is 51.7 Å². The summed E-state index contributed by atoms with van der Waals surface area (Å²) >= 11 is 1.01. The third-order valence-electron chi connectivity index (χ3n) is 7.06. The molecule has 236 valence electrons. The number of aromatic hydroxyl groups is 2. The van der Waals surface area contributed by atoms with E-state index >= 15 is 0 Å². The van der Waals surface area contributed by atoms with Crippen LogP contribution in [0.3, 0.4) is 0 Å². The Bertz CT molecular complexity index is 1310. The molecule has 2 aliphatic heterocycles. The summed E-state index contributed by atoms with van der Waals surface area (Å²) in [5.41, 5.74) is 5.64. The second-order valence-corrected chi connectivity index (χ2v) is 11.3. The summed E-state index contributed by atoms with van der Waals surface area (Å²) in [6.45, 7) is 3.27. The number of hydrogen-bond donors (Lipinski definition) is 8. The number of phenolic OH excluding ortho intramolecular Hbond substituents is 2. The van der Waals surface area contributed by atoms with E-state index in [1.54, 1.807) is 0 Å². The molecule has 0 spiro atoms. The molecule has 0 saturated carbocycles. The number of benzene rings is 1. The number of amides is 4. The standard InChI is InChI=1S/C26H35N5O11S/c1-10-17(33)6-18(34)13-8-43-9-15(22(36)28-12(3)25(39)40)30-21(35)14(7-42-26(41)19(10)13)29-23(37)20-16(32)4-5-31(20)24(38)11(2)27/h6,11-12,14-16,20,32-34H,4-5,7-9,27H2,1-3H3,(H,28,36)(H,29,37)(H,30,35)(H,39,40)/t11-,12-,14-,15+,16+,20-/m0/s1. The Kier molecular flexibility index (Phi) is 10.8. The van der Waals surface area contributed by atoms with E-state index in [1.165, 1.54) is 20.8 Å². The van der Waals surface area contributed by atoms with Gasteiger partial charge >= 0.3 is 11.9 Å². The van der Waals surface area contributed by atoms with Crippen molar-refractivity contribution in [1.82, 2.24) is 20.9 Å². The molecule has 0 radical (unpaired) electrons. The summed E-state index contributed by atoms with van der Waals surface area (Å²) in [5.74, 6) is -6.81. The number of nitrogens with one attached hydrogen (secondary N) is 3. The predicted octanol–water partition coefficient (Wildman–Crippen LogP) is -2.32. The first-order valence-corrected chi connectivity index (χ1v) is 14.5. The van der Waals surface area contributed by atoms with Crippen molar-refractivity contribution in [1.29, 1.82) is 0 Å². The lowest BCUT2D eigenvalue weighted by Crippen LogP contribution is -2.60. The molecule has 2 heterocycles. The van der Waals surface area contributed by atoms with Crippen LogP contribution in [0.15, 0.2) is 6.07 Å². The molecule has 3 rings (SSSR count). The van der Waals surface area contributed by atoms with E-state index in [-0.39, 0.29) is 41.2 Å². The maximum atomic E-state index is 13.4. The van der Waals surface area contributed by atoms with Gasteiger partial charge in [-0.05, 0) is 27.2 Å². The number of nitrogens with zero attached hydrogens (tertiary/aromatic N) is 1. The number of carbonyl (C=O) groups excluding carboxylic acids is 5. The van der Waals surface area contributed by atoms with Gasteiger partial charge in [0.05, 0.1) is 17.7 Å². The van der Waals surface area contributed by atoms with Gasteiger partial charge in [0.2, 0.25) is 23.6 Å². The van der Waals surface area contributed by atoms with Crippen molar-refractivity contribution < 1.29 is 53.9 Å². The number of aliphatic hydroxyl groups is 1. The topological polar surface area (TPSA) is 258 Å². The van der Waals surface area contributed by atoms with Crippen molar-refractivity contribution in [2.24, 2.45) is 5.73 Å². The monoisotopic (exact) mass is 625 g/mol. The average Bonchev–Trinajstić information content (AvgIpc) is 3.32. The number of fused-ring (bicyclic) bond motifs is 1. The third kappa shape index (κ3) is 7.66. The van der Waals surface area contributed by atoms with Crippen LogP contribution >= 0.6 is 11.8 Å². The van der Waals surface area contributed by atoms with Crippen molar-refractivity contribution in [3.8, 4) is 11.5 Å². The zero-order chi connectivity index (χ0) is 32.2. The van der Waals surface area contributed by atoms with Crippen molar-refractivity contribution >= 4 is 47.3 Å². The Morgan fingerprint density at radius 1 is 1.16 bits per heavy atom. The molecule has 6 atom stereocenters. The number of ether oxygens (including phenoxy) is 1. The molecule has 16 nitrogen and oxygen atoms in total. The number of aliphatic carboxylic acids is 1. The molecular weight excluding hydrogens is 590 g/mol. The van der Waals surface area contributed by atoms with Gasteiger partial charge in [0.1, 0.15) is 42.3 Å². The van der Waals surface area contributed by atoms with Gasteiger partial charge in [-0.15, -0.1) is 0 Å². The van der Waals surface area contributed by atoms with Gasteiger partial charge in [0.15, 0.2) is 0 Å². The fraction of sp³-hybridized carbons (Fsp3) is 0.538. The molecule has 0 unspecified atom stereocenters. The Balaban J connectivity index is 1.97. The number of phenols is 2. The van der Waals surface area contributed by atoms with Crippen LogP contribution < -0.4 is 21.7 Å². The fourth-order valence-electron chi connectivity index (χ4n) is 4.61. The Morgan fingerprint density at radius 3 is 2.47 bits per heavy atom. The predicted molar refractivity (Wildman–Crippen MR) is 150 cm³/mol. The largest absolute Gasteiger partial charge is 0.508 e. The molecule has 0 bridgehead atoms. The van der Waals surface area contributed by atoms with Crippen LogP contribution in [0.5, 0.6) is 11.5 Å². The lowest BCUT2D eigenvalue weighted by Gasteiger charge is -2.29. The molecule has 0 aliphatic carbocycles. The smallest absolute Gasteiger partial charge is 0.339 e. The van der Waals surface area contributed by atoms with Crippen LogP contribution in [0.4, 0.5) is 0 Å². The number of carboxylic acid groups (broad SMARTS) is 1. The van der Waals surface area contributed by atoms with Crippen LogP contribution in [0.1, 0.15) is 41.8 Å². The van der Waals surface area contributed by atoms with Crippen molar-refractivity contribution in [3.63, 3.8) is 0 Å². The highest BCUT2D eigenvalue weighted by atomic mass is 32.2. The number of aliphatic hydroxyl groups excluding tert-OH is 1. The van der Waals surface area contributed by atoms with Crippen LogP contribution in [0.25, 0.3) is 0 Å². The van der Waals surface area contributed by atoms with Gasteiger partial charge in [-0.1, -0.05) is 0 Å². The highest BCUT2D eigenvalue weighted by molar-refractivity contribution is 7.98. The number of likely N-dealkylation sites (tertiary alicyclic amines) is 1. The third-order valence-corrected chi connectivity index (χ3v) is 8.12. The lowest BCUT2D eigenvalue weighted by atomic mass is 10.0. The van der Waals surface area contributed by atoms with E-state index in [1.807, 2.05) is 0 Å². The molecule has 2 aliphatic rings. The second kappa shape index (κ2) is 13.9. The molecule has 1 fully saturated rings. The first kappa shape index (κ1) is 33.4. The van der Waals surface area contributed by atoms with Crippen LogP contribution in [-0.4, -0.2) is 116 Å². The number of rotatable bonds is 6. The molecule has 4 amide bonds. The van der Waals surface area contributed by atoms with E-state index in [0.29, 0.717) is 0 Å². The molecule has 17 heteroatoms. The van der Waals surface area contributed by atoms with Crippen molar-refractivity contribution in [2.75, 3.05) is 18.9 Å². The summed E-state index contributed by atoms with van der Waals surface area (Å²) in [4.78, 5) is 77.7. The quantitative estimate of drug-likeness (QED) is 0.155. The van der Waals surface area contributed by atoms with Crippen LogP contribution in [0.2, 0.25) is 0 Å². The summed E-state index contributed by atoms with van der Waals surface area (Å²) in [6.07, 6.45) is -1.22. The average molecular weight is 626 g/mol. The molecule has 0 aromatic heterocycles. The lowest BCUT2D eigenvalue weighted by molar-refractivity contribution is -0.142. The number of carbonyl (C=O) groups is 6. The summed E-state index contributed by atoms with van der Waals surface area (Å²) in [5, 5.41) is 47.4. The highest BCUT2D eigenvalue weighted by Crippen LogP contribution is 2.35. The van der Waals surface area contributed by atoms with Gasteiger partial charge in [0, 0.05) is 35.2 Å². The first-order valence-electron chi connectivity index (χ1n) is 13.3. The van der Waals surface area contributed by atoms with Crippen molar-refractivity contribution in [3.05, 3.63) is 22.8 Å². The van der Waals surface area contributed by atoms with Crippen LogP contribution in [0, 0.1) is 6.92 Å². The number of carboxylic acids is 1. The van der Waals surface area contributed by atoms with Gasteiger partial charge in [-0.2, -0.15) is 11.8 Å². The van der Waals surface area contributed by atoms with Crippen LogP contribution in [-0.2, 0) is 34.5 Å². The Hall–Kier alpha value is -4.09. The van der Waals surface area contributed by atoms with Gasteiger partial charge in [-0.3, -0.25) is 24.0 Å². The van der Waals surface area contributed by atoms with Gasteiger partial charge in [-0.25, -0.2) is 4.79 Å². The summed E-state index contributed by atoms with van der Waals surface area (Å²) < 4.78 is 5.32. The van der Waals surface area contributed by atoms with E-state index in [0.717, 1.165) is 22.7 Å². The van der Waals surface area contributed by atoms with E-state index in [4.69, 9.17) is 10.5 Å². The number of nitrogens with two attached hydrogens (primary N) is 1. The normalized spacial score (nSPS) is 24.3. The number of hydrogen-bond acceptors (Lipinski definition) is 12. The Morgan fingerprint density at radius 2 is 1.84 bits per heavy atom. The summed E-state index contributed by atoms with van der Waals surface area (Å²) in [6, 6.07) is -5.65. The minimum absolute atomic E-state index is 0.0236. The van der Waals surface area contributed by atoms with E-state index in [9.17, 15) is 49.2 Å². The maximum absolute atomic E-state index is 13.4. The molecule has 9 N–H and O–H groups in total. The van der Waals surface area contributed by atoms with E-state index < -0.39 is 90.0 Å². The number of thioether (sulfide) groups is 1. The van der Waals surface area contributed by atoms with Crippen molar-refractivity contribution in [2.45, 2.75) is 69.3 Å². The number of esters is 1. The zero-order valence-corrected chi connectivity index (χ0v) is 24.5. The minimum atomic E-state index is -1.65. The molecule has 43 heavy (non-hydrogen) atoms. The maximum Gasteiger partial charge on any atom is 0.339 e. The molecular formula is C26H35N5O11S. The number of cyclic esters (lactones) is 1. The Labute approximate surface area is 250 Å². The fourth-order valence-corrected chi connectivity index (χ4v) is 5.70. The zero-order valence-electron chi connectivity index (χ0n) is 23.7. The molecule has 1 aromatic carbocycles. The van der Waals surface area contributed by atoms with Gasteiger partial charge in [0.25, 0.3) is 0 Å². The summed E-state index contributed by atoms with van der Waals surface area (Å²) in [7, 11) is 0. The molecule has 1 aromatic rings. The highest BCUT2D eigenvalue weighted by Gasteiger charge is 2.43. The first-order chi connectivity index (χ1) is 20.1. The molecule has 1 saturated heterocycles. The van der Waals surface area contributed by atoms with E-state index in [2.05, 4.69) is 16.0 Å². The SMILES string of the molecule is Cc1c(O)cc(O)c2c1C(=O)OC[C@H](NC(=O)[C@@H]1[C@H](O)CCN1C(=O)[C@H](C)N)C(=O)N[C@@H](C(=O)N[C@@H](C)C(=O)O)CSC2.